The average Bonchev–Trinajstić information content (AvgIpc) is 2.54. The zero-order chi connectivity index (χ0) is 16.9. The molecule has 1 aromatic carbocycles. The van der Waals surface area contributed by atoms with Crippen molar-refractivity contribution in [3.63, 3.8) is 0 Å². The van der Waals surface area contributed by atoms with Crippen molar-refractivity contribution in [1.82, 2.24) is 14.9 Å². The predicted molar refractivity (Wildman–Crippen MR) is 92.2 cm³/mol. The molecule has 0 radical (unpaired) electrons. The minimum Gasteiger partial charge on any atom is -0.495 e. The third-order valence-electron chi connectivity index (χ3n) is 5.46. The van der Waals surface area contributed by atoms with Crippen LogP contribution in [0.4, 0.5) is 15.9 Å². The Balaban J connectivity index is 1.73. The number of nitrogen functional groups attached to an aromatic ring is 1. The third-order valence-corrected chi connectivity index (χ3v) is 5.46. The van der Waals surface area contributed by atoms with Gasteiger partial charge in [0.1, 0.15) is 24.1 Å². The maximum Gasteiger partial charge on any atom is 0.143 e. The summed E-state index contributed by atoms with van der Waals surface area (Å²) in [7, 11) is 3.73. The van der Waals surface area contributed by atoms with Crippen LogP contribution in [-0.2, 0) is 0 Å². The van der Waals surface area contributed by atoms with Crippen LogP contribution in [0.1, 0.15) is 12.8 Å². The van der Waals surface area contributed by atoms with Crippen LogP contribution in [0, 0.1) is 0 Å². The van der Waals surface area contributed by atoms with Gasteiger partial charge in [-0.1, -0.05) is 0 Å². The number of hydrogen-bond donors (Lipinski definition) is 1. The summed E-state index contributed by atoms with van der Waals surface area (Å²) in [6.45, 7) is 2.31. The van der Waals surface area contributed by atoms with Crippen LogP contribution in [0.5, 0.6) is 5.75 Å². The standard InChI is InChI=1S/C17H22FN5O/c1-22-6-5-11(18)7-17(22)8-23(9-17)15-13(24-2)4-3-12-14(15)16(19)21-10-20-12/h3-4,10-11H,5-9H2,1-2H3,(H2,19,20,21). The molecule has 2 fully saturated rings. The van der Waals surface area contributed by atoms with Crippen LogP contribution < -0.4 is 15.4 Å². The molecular weight excluding hydrogens is 309 g/mol. The van der Waals surface area contributed by atoms with Crippen LogP contribution in [0.15, 0.2) is 18.5 Å². The fraction of sp³-hybridized carbons (Fsp3) is 0.529. The van der Waals surface area contributed by atoms with E-state index < -0.39 is 6.17 Å². The van der Waals surface area contributed by atoms with Crippen molar-refractivity contribution in [2.24, 2.45) is 0 Å². The lowest BCUT2D eigenvalue weighted by Gasteiger charge is -2.58. The van der Waals surface area contributed by atoms with Gasteiger partial charge >= 0.3 is 0 Å². The van der Waals surface area contributed by atoms with E-state index in [0.717, 1.165) is 42.0 Å². The molecule has 24 heavy (non-hydrogen) atoms. The summed E-state index contributed by atoms with van der Waals surface area (Å²) in [5.41, 5.74) is 7.71. The van der Waals surface area contributed by atoms with Crippen molar-refractivity contribution in [3.8, 4) is 5.75 Å². The molecule has 1 atom stereocenters. The Kier molecular flexibility index (Phi) is 3.49. The topological polar surface area (TPSA) is 67.5 Å². The first-order valence-electron chi connectivity index (χ1n) is 8.21. The molecule has 7 heteroatoms. The molecule has 2 aromatic rings. The predicted octanol–water partition coefficient (Wildman–Crippen LogP) is 1.84. The lowest BCUT2D eigenvalue weighted by atomic mass is 9.79. The van der Waals surface area contributed by atoms with Gasteiger partial charge in [0.15, 0.2) is 0 Å². The number of alkyl halides is 1. The number of halogens is 1. The van der Waals surface area contributed by atoms with Crippen LogP contribution >= 0.6 is 0 Å². The number of likely N-dealkylation sites (tertiary alicyclic amines) is 1. The average molecular weight is 331 g/mol. The fourth-order valence-electron chi connectivity index (χ4n) is 4.05. The van der Waals surface area contributed by atoms with Gasteiger partial charge in [-0.25, -0.2) is 14.4 Å². The monoisotopic (exact) mass is 331 g/mol. The number of likely N-dealkylation sites (N-methyl/N-ethyl adjacent to an activating group) is 1. The van der Waals surface area contributed by atoms with Gasteiger partial charge in [0, 0.05) is 26.1 Å². The fourth-order valence-corrected chi connectivity index (χ4v) is 4.05. The minimum atomic E-state index is -0.717. The number of nitrogens with two attached hydrogens (primary N) is 1. The zero-order valence-electron chi connectivity index (χ0n) is 14.0. The van der Waals surface area contributed by atoms with Gasteiger partial charge in [-0.3, -0.25) is 4.90 Å². The van der Waals surface area contributed by atoms with Crippen molar-refractivity contribution in [3.05, 3.63) is 18.5 Å². The van der Waals surface area contributed by atoms with Gasteiger partial charge in [-0.15, -0.1) is 0 Å². The number of piperidine rings is 1. The summed E-state index contributed by atoms with van der Waals surface area (Å²) in [6.07, 6.45) is 1.95. The first-order chi connectivity index (χ1) is 11.5. The molecule has 128 valence electrons. The van der Waals surface area contributed by atoms with E-state index in [0.29, 0.717) is 18.7 Å². The highest BCUT2D eigenvalue weighted by atomic mass is 19.1. The van der Waals surface area contributed by atoms with Gasteiger partial charge in [0.2, 0.25) is 0 Å². The zero-order valence-corrected chi connectivity index (χ0v) is 14.0. The lowest BCUT2D eigenvalue weighted by Crippen LogP contribution is -2.72. The lowest BCUT2D eigenvalue weighted by molar-refractivity contribution is 0.00723. The van der Waals surface area contributed by atoms with E-state index in [1.54, 1.807) is 7.11 Å². The Morgan fingerprint density at radius 3 is 2.88 bits per heavy atom. The maximum atomic E-state index is 14.0. The number of rotatable bonds is 2. The number of hydrogen-bond acceptors (Lipinski definition) is 6. The van der Waals surface area contributed by atoms with Crippen LogP contribution in [0.2, 0.25) is 0 Å². The molecule has 3 heterocycles. The van der Waals surface area contributed by atoms with Crippen LogP contribution in [-0.4, -0.2) is 60.4 Å². The van der Waals surface area contributed by atoms with E-state index in [-0.39, 0.29) is 5.54 Å². The Bertz CT molecular complexity index is 777. The molecule has 1 spiro atoms. The van der Waals surface area contributed by atoms with Crippen molar-refractivity contribution in [1.29, 1.82) is 0 Å². The number of ether oxygens (including phenoxy) is 1. The SMILES string of the molecule is COc1ccc2ncnc(N)c2c1N1CC2(CC(F)CCN2C)C1. The Morgan fingerprint density at radius 2 is 2.12 bits per heavy atom. The molecule has 6 nitrogen and oxygen atoms in total. The summed E-state index contributed by atoms with van der Waals surface area (Å²) in [6, 6.07) is 3.78. The molecule has 0 amide bonds. The quantitative estimate of drug-likeness (QED) is 0.906. The smallest absolute Gasteiger partial charge is 0.143 e. The molecule has 2 aliphatic rings. The van der Waals surface area contributed by atoms with Crippen molar-refractivity contribution in [2.75, 3.05) is 44.4 Å². The second-order valence-corrected chi connectivity index (χ2v) is 6.86. The summed E-state index contributed by atoms with van der Waals surface area (Å²) in [5, 5.41) is 0.807. The van der Waals surface area contributed by atoms with Crippen molar-refractivity contribution < 1.29 is 9.13 Å². The molecule has 2 N–H and O–H groups in total. The van der Waals surface area contributed by atoms with Gasteiger partial charge in [-0.05, 0) is 25.6 Å². The van der Waals surface area contributed by atoms with E-state index in [2.05, 4.69) is 26.8 Å². The second kappa shape index (κ2) is 5.44. The molecule has 0 saturated carbocycles. The highest BCUT2D eigenvalue weighted by Crippen LogP contribution is 2.45. The number of fused-ring (bicyclic) bond motifs is 1. The van der Waals surface area contributed by atoms with Gasteiger partial charge < -0.3 is 15.4 Å². The van der Waals surface area contributed by atoms with Crippen molar-refractivity contribution in [2.45, 2.75) is 24.6 Å². The van der Waals surface area contributed by atoms with Crippen LogP contribution in [0.25, 0.3) is 10.9 Å². The number of benzene rings is 1. The highest BCUT2D eigenvalue weighted by molar-refractivity contribution is 6.02. The molecule has 0 aliphatic carbocycles. The van der Waals surface area contributed by atoms with E-state index in [1.807, 2.05) is 12.1 Å². The molecule has 1 aromatic heterocycles. The molecule has 0 bridgehead atoms. The number of aromatic nitrogens is 2. The Hall–Kier alpha value is -2.15. The van der Waals surface area contributed by atoms with E-state index >= 15 is 0 Å². The number of anilines is 2. The van der Waals surface area contributed by atoms with E-state index in [1.165, 1.54) is 6.33 Å². The molecule has 2 aliphatic heterocycles. The number of nitrogens with zero attached hydrogens (tertiary/aromatic N) is 4. The third kappa shape index (κ3) is 2.18. The molecule has 1 unspecified atom stereocenters. The number of methoxy groups -OCH3 is 1. The second-order valence-electron chi connectivity index (χ2n) is 6.86. The van der Waals surface area contributed by atoms with Crippen molar-refractivity contribution >= 4 is 22.4 Å². The summed E-state index contributed by atoms with van der Waals surface area (Å²) < 4.78 is 19.5. The normalized spacial score (nSPS) is 23.5. The minimum absolute atomic E-state index is 0.102. The maximum absolute atomic E-state index is 14.0. The van der Waals surface area contributed by atoms with Crippen LogP contribution in [0.3, 0.4) is 0 Å². The largest absolute Gasteiger partial charge is 0.495 e. The van der Waals surface area contributed by atoms with E-state index in [4.69, 9.17) is 10.5 Å². The van der Waals surface area contributed by atoms with Gasteiger partial charge in [0.25, 0.3) is 0 Å². The van der Waals surface area contributed by atoms with Gasteiger partial charge in [0.05, 0.1) is 29.2 Å². The van der Waals surface area contributed by atoms with Gasteiger partial charge in [-0.2, -0.15) is 0 Å². The summed E-state index contributed by atoms with van der Waals surface area (Å²) in [4.78, 5) is 12.9. The summed E-state index contributed by atoms with van der Waals surface area (Å²) >= 11 is 0. The Labute approximate surface area is 140 Å². The Morgan fingerprint density at radius 1 is 1.33 bits per heavy atom. The highest BCUT2D eigenvalue weighted by Gasteiger charge is 2.50. The molecular formula is C17H22FN5O. The molecule has 2 saturated heterocycles. The first-order valence-corrected chi connectivity index (χ1v) is 8.21. The first kappa shape index (κ1) is 15.4. The summed E-state index contributed by atoms with van der Waals surface area (Å²) in [5.74, 6) is 1.18. The molecule has 4 rings (SSSR count). The van der Waals surface area contributed by atoms with E-state index in [9.17, 15) is 4.39 Å².